The van der Waals surface area contributed by atoms with Crippen LogP contribution in [0.3, 0.4) is 0 Å². The third-order valence-electron chi connectivity index (χ3n) is 4.39. The summed E-state index contributed by atoms with van der Waals surface area (Å²) in [6.45, 7) is 1.19. The van der Waals surface area contributed by atoms with Gasteiger partial charge in [-0.3, -0.25) is 4.79 Å². The Morgan fingerprint density at radius 3 is 2.65 bits per heavy atom. The lowest BCUT2D eigenvalue weighted by atomic mass is 9.98. The van der Waals surface area contributed by atoms with Crippen LogP contribution in [-0.4, -0.2) is 28.1 Å². The molecule has 2 aromatic rings. The van der Waals surface area contributed by atoms with E-state index in [1.54, 1.807) is 0 Å². The van der Waals surface area contributed by atoms with Gasteiger partial charge in [-0.25, -0.2) is 9.18 Å². The van der Waals surface area contributed by atoms with E-state index in [4.69, 9.17) is 9.26 Å². The van der Waals surface area contributed by atoms with E-state index in [0.717, 1.165) is 25.7 Å². The Morgan fingerprint density at radius 2 is 2.00 bits per heavy atom. The van der Waals surface area contributed by atoms with E-state index >= 15 is 0 Å². The Kier molecular flexibility index (Phi) is 5.60. The molecule has 3 rings (SSSR count). The van der Waals surface area contributed by atoms with Gasteiger partial charge in [-0.1, -0.05) is 18.0 Å². The maximum atomic E-state index is 13.0. The Labute approximate surface area is 149 Å². The molecule has 0 radical (unpaired) electrons. The second-order valence-electron chi connectivity index (χ2n) is 6.35. The number of nitrogens with zero attached hydrogens (tertiary/aromatic N) is 2. The van der Waals surface area contributed by atoms with Crippen LogP contribution in [0.1, 0.15) is 38.5 Å². The minimum atomic E-state index is -0.658. The summed E-state index contributed by atoms with van der Waals surface area (Å²) in [6, 6.07) is 5.00. The van der Waals surface area contributed by atoms with E-state index in [1.807, 2.05) is 0 Å². The van der Waals surface area contributed by atoms with Crippen molar-refractivity contribution in [3.8, 4) is 11.4 Å². The first-order valence-electron chi connectivity index (χ1n) is 8.55. The number of hydrogen-bond donors (Lipinski definition) is 1. The van der Waals surface area contributed by atoms with Crippen LogP contribution in [0.5, 0.6) is 0 Å². The highest BCUT2D eigenvalue weighted by atomic mass is 19.1. The zero-order chi connectivity index (χ0) is 18.5. The highest BCUT2D eigenvalue weighted by molar-refractivity contribution is 5.83. The van der Waals surface area contributed by atoms with Crippen LogP contribution in [0.2, 0.25) is 0 Å². The number of hydrogen-bond acceptors (Lipinski definition) is 6. The average molecular weight is 361 g/mol. The first-order chi connectivity index (χ1) is 12.5. The number of rotatable bonds is 6. The predicted octanol–water partition coefficient (Wildman–Crippen LogP) is 2.61. The van der Waals surface area contributed by atoms with Crippen molar-refractivity contribution in [1.29, 1.82) is 0 Å². The highest BCUT2D eigenvalue weighted by Crippen LogP contribution is 2.28. The first-order valence-corrected chi connectivity index (χ1v) is 8.55. The summed E-state index contributed by atoms with van der Waals surface area (Å²) in [5, 5.41) is 6.47. The van der Waals surface area contributed by atoms with Crippen molar-refractivity contribution in [3.05, 3.63) is 36.0 Å². The molecule has 0 aliphatic heterocycles. The quantitative estimate of drug-likeness (QED) is 0.795. The molecule has 1 N–H and O–H groups in total. The van der Waals surface area contributed by atoms with Crippen molar-refractivity contribution >= 4 is 11.9 Å². The molecule has 1 aromatic carbocycles. The SMILES string of the molecule is CC(=O)N[C@@H](C(=O)OCc1nc(-c2ccc(F)cc2)no1)C1CCCC1. The van der Waals surface area contributed by atoms with Crippen molar-refractivity contribution in [2.45, 2.75) is 45.3 Å². The van der Waals surface area contributed by atoms with Gasteiger partial charge >= 0.3 is 5.97 Å². The topological polar surface area (TPSA) is 94.3 Å². The molecule has 1 saturated carbocycles. The van der Waals surface area contributed by atoms with Crippen molar-refractivity contribution in [2.75, 3.05) is 0 Å². The van der Waals surface area contributed by atoms with Crippen LogP contribution in [0.4, 0.5) is 4.39 Å². The van der Waals surface area contributed by atoms with Crippen molar-refractivity contribution in [2.24, 2.45) is 5.92 Å². The second-order valence-corrected chi connectivity index (χ2v) is 6.35. The van der Waals surface area contributed by atoms with Gasteiger partial charge < -0.3 is 14.6 Å². The zero-order valence-corrected chi connectivity index (χ0v) is 14.4. The number of aromatic nitrogens is 2. The van der Waals surface area contributed by atoms with Crippen molar-refractivity contribution < 1.29 is 23.2 Å². The summed E-state index contributed by atoms with van der Waals surface area (Å²) in [5.74, 6) is -0.633. The lowest BCUT2D eigenvalue weighted by molar-refractivity contribution is -0.151. The third kappa shape index (κ3) is 4.44. The Balaban J connectivity index is 1.61. The molecule has 0 unspecified atom stereocenters. The van der Waals surface area contributed by atoms with Crippen LogP contribution in [0.15, 0.2) is 28.8 Å². The monoisotopic (exact) mass is 361 g/mol. The fourth-order valence-electron chi connectivity index (χ4n) is 3.13. The first kappa shape index (κ1) is 18.0. The minimum Gasteiger partial charge on any atom is -0.454 e. The summed E-state index contributed by atoms with van der Waals surface area (Å²) in [7, 11) is 0. The maximum absolute atomic E-state index is 13.0. The number of amides is 1. The zero-order valence-electron chi connectivity index (χ0n) is 14.4. The maximum Gasteiger partial charge on any atom is 0.329 e. The molecule has 1 heterocycles. The second kappa shape index (κ2) is 8.07. The van der Waals surface area contributed by atoms with Gasteiger partial charge in [-0.2, -0.15) is 4.98 Å². The van der Waals surface area contributed by atoms with E-state index in [9.17, 15) is 14.0 Å². The van der Waals surface area contributed by atoms with Crippen molar-refractivity contribution in [3.63, 3.8) is 0 Å². The van der Waals surface area contributed by atoms with E-state index in [1.165, 1.54) is 31.2 Å². The van der Waals surface area contributed by atoms with Crippen molar-refractivity contribution in [1.82, 2.24) is 15.5 Å². The summed E-state index contributed by atoms with van der Waals surface area (Å²) in [4.78, 5) is 27.9. The van der Waals surface area contributed by atoms with Crippen LogP contribution >= 0.6 is 0 Å². The van der Waals surface area contributed by atoms with E-state index in [2.05, 4.69) is 15.5 Å². The Bertz CT molecular complexity index is 769. The van der Waals surface area contributed by atoms with Gasteiger partial charge in [0, 0.05) is 12.5 Å². The highest BCUT2D eigenvalue weighted by Gasteiger charge is 2.32. The average Bonchev–Trinajstić information content (AvgIpc) is 3.30. The summed E-state index contributed by atoms with van der Waals surface area (Å²) < 4.78 is 23.3. The minimum absolute atomic E-state index is 0.0869. The molecule has 0 saturated heterocycles. The molecule has 1 aliphatic rings. The Morgan fingerprint density at radius 1 is 1.31 bits per heavy atom. The number of halogens is 1. The molecule has 8 heteroatoms. The lowest BCUT2D eigenvalue weighted by Crippen LogP contribution is -2.45. The number of carbonyl (C=O) groups is 2. The molecular weight excluding hydrogens is 341 g/mol. The normalized spacial score (nSPS) is 15.6. The number of nitrogens with one attached hydrogen (secondary N) is 1. The molecule has 1 atom stereocenters. The van der Waals surface area contributed by atoms with E-state index in [-0.39, 0.29) is 36.0 Å². The van der Waals surface area contributed by atoms with Gasteiger partial charge in [-0.15, -0.1) is 0 Å². The molecule has 0 spiro atoms. The number of benzene rings is 1. The summed E-state index contributed by atoms with van der Waals surface area (Å²) >= 11 is 0. The standard InChI is InChI=1S/C18H20FN3O4/c1-11(23)20-16(12-4-2-3-5-12)18(24)25-10-15-21-17(22-26-15)13-6-8-14(19)9-7-13/h6-9,12,16H,2-5,10H2,1H3,(H,20,23)/t16-/m1/s1. The van der Waals surface area contributed by atoms with Gasteiger partial charge in [0.05, 0.1) is 0 Å². The van der Waals surface area contributed by atoms with E-state index in [0.29, 0.717) is 5.56 Å². The molecule has 138 valence electrons. The summed E-state index contributed by atoms with van der Waals surface area (Å²) in [5.41, 5.74) is 0.592. The molecular formula is C18H20FN3O4. The lowest BCUT2D eigenvalue weighted by Gasteiger charge is -2.21. The van der Waals surface area contributed by atoms with E-state index < -0.39 is 12.0 Å². The van der Waals surface area contributed by atoms with Gasteiger partial charge in [0.2, 0.25) is 11.7 Å². The van der Waals surface area contributed by atoms with Gasteiger partial charge in [0.15, 0.2) is 6.61 Å². The largest absolute Gasteiger partial charge is 0.454 e. The molecule has 1 aromatic heterocycles. The molecule has 1 fully saturated rings. The van der Waals surface area contributed by atoms with Crippen LogP contribution in [-0.2, 0) is 20.9 Å². The number of ether oxygens (including phenoxy) is 1. The van der Waals surface area contributed by atoms with Gasteiger partial charge in [0.1, 0.15) is 11.9 Å². The molecule has 7 nitrogen and oxygen atoms in total. The van der Waals surface area contributed by atoms with Gasteiger partial charge in [-0.05, 0) is 43.0 Å². The predicted molar refractivity (Wildman–Crippen MR) is 89.1 cm³/mol. The molecule has 1 aliphatic carbocycles. The molecule has 26 heavy (non-hydrogen) atoms. The van der Waals surface area contributed by atoms with Gasteiger partial charge in [0.25, 0.3) is 5.89 Å². The number of carbonyl (C=O) groups excluding carboxylic acids is 2. The Hall–Kier alpha value is -2.77. The third-order valence-corrected chi connectivity index (χ3v) is 4.39. The number of esters is 1. The van der Waals surface area contributed by atoms with Crippen LogP contribution in [0, 0.1) is 11.7 Å². The molecule has 1 amide bonds. The van der Waals surface area contributed by atoms with Crippen LogP contribution < -0.4 is 5.32 Å². The summed E-state index contributed by atoms with van der Waals surface area (Å²) in [6.07, 6.45) is 3.85. The fraction of sp³-hybridized carbons (Fsp3) is 0.444. The fourth-order valence-corrected chi connectivity index (χ4v) is 3.13. The molecule has 0 bridgehead atoms. The van der Waals surface area contributed by atoms with Crippen LogP contribution in [0.25, 0.3) is 11.4 Å². The smallest absolute Gasteiger partial charge is 0.329 e.